The fraction of sp³-hybridized carbons (Fsp3) is 0.455. The van der Waals surface area contributed by atoms with Crippen LogP contribution < -0.4 is 5.32 Å². The van der Waals surface area contributed by atoms with Crippen LogP contribution >= 0.6 is 0 Å². The maximum atomic E-state index is 12.1. The third-order valence-corrected chi connectivity index (χ3v) is 2.61. The van der Waals surface area contributed by atoms with E-state index in [0.717, 1.165) is 0 Å². The maximum Gasteiger partial charge on any atom is 0.257 e. The zero-order valence-corrected chi connectivity index (χ0v) is 10.4. The van der Waals surface area contributed by atoms with E-state index in [4.69, 9.17) is 4.52 Å². The minimum atomic E-state index is -0.338. The number of hydrogen-bond acceptors (Lipinski definition) is 6. The Kier molecular flexibility index (Phi) is 3.40. The highest BCUT2D eigenvalue weighted by Gasteiger charge is 2.22. The molecule has 7 heteroatoms. The molecule has 0 bridgehead atoms. The first-order chi connectivity index (χ1) is 8.63. The van der Waals surface area contributed by atoms with E-state index in [1.807, 2.05) is 6.92 Å². The fourth-order valence-electron chi connectivity index (χ4n) is 1.65. The van der Waals surface area contributed by atoms with Crippen LogP contribution in [-0.4, -0.2) is 21.2 Å². The second kappa shape index (κ2) is 4.99. The molecule has 18 heavy (non-hydrogen) atoms. The third kappa shape index (κ3) is 2.24. The number of rotatable bonds is 4. The first-order valence-electron chi connectivity index (χ1n) is 5.65. The van der Waals surface area contributed by atoms with Gasteiger partial charge in [-0.05, 0) is 20.3 Å². The van der Waals surface area contributed by atoms with Crippen molar-refractivity contribution in [3.63, 3.8) is 0 Å². The van der Waals surface area contributed by atoms with Gasteiger partial charge in [-0.3, -0.25) is 4.79 Å². The monoisotopic (exact) mass is 250 g/mol. The first kappa shape index (κ1) is 12.3. The summed E-state index contributed by atoms with van der Waals surface area (Å²) in [5.74, 6) is 0.683. The summed E-state index contributed by atoms with van der Waals surface area (Å²) in [4.78, 5) is 16.0. The van der Waals surface area contributed by atoms with Crippen molar-refractivity contribution in [1.29, 1.82) is 0 Å². The van der Waals surface area contributed by atoms with Gasteiger partial charge in [-0.1, -0.05) is 17.2 Å². The SMILES string of the molecule is CCc1noc(C)c1C(=O)NC(C)c1ncon1. The molecule has 0 radical (unpaired) electrons. The number of aryl methyl sites for hydroxylation is 2. The van der Waals surface area contributed by atoms with Gasteiger partial charge in [-0.15, -0.1) is 0 Å². The maximum absolute atomic E-state index is 12.1. The Morgan fingerprint density at radius 3 is 2.89 bits per heavy atom. The van der Waals surface area contributed by atoms with Gasteiger partial charge >= 0.3 is 0 Å². The number of amides is 1. The van der Waals surface area contributed by atoms with Gasteiger partial charge < -0.3 is 14.4 Å². The van der Waals surface area contributed by atoms with Crippen molar-refractivity contribution in [2.24, 2.45) is 0 Å². The highest BCUT2D eigenvalue weighted by atomic mass is 16.5. The van der Waals surface area contributed by atoms with Crippen LogP contribution in [0.25, 0.3) is 0 Å². The summed E-state index contributed by atoms with van der Waals surface area (Å²) < 4.78 is 9.65. The van der Waals surface area contributed by atoms with Crippen molar-refractivity contribution in [3.05, 3.63) is 29.2 Å². The van der Waals surface area contributed by atoms with Crippen LogP contribution in [0.2, 0.25) is 0 Å². The lowest BCUT2D eigenvalue weighted by Crippen LogP contribution is -2.28. The number of aromatic nitrogens is 3. The molecule has 1 amide bonds. The van der Waals surface area contributed by atoms with Crippen molar-refractivity contribution in [1.82, 2.24) is 20.6 Å². The Balaban J connectivity index is 2.15. The molecule has 2 aromatic rings. The van der Waals surface area contributed by atoms with Crippen LogP contribution in [0.1, 0.15) is 47.5 Å². The zero-order chi connectivity index (χ0) is 13.1. The summed E-state index contributed by atoms with van der Waals surface area (Å²) in [5, 5.41) is 10.3. The molecule has 2 heterocycles. The summed E-state index contributed by atoms with van der Waals surface area (Å²) in [6, 6.07) is -0.338. The largest absolute Gasteiger partial charge is 0.361 e. The number of nitrogens with one attached hydrogen (secondary N) is 1. The molecule has 96 valence electrons. The van der Waals surface area contributed by atoms with E-state index >= 15 is 0 Å². The second-order valence-corrected chi connectivity index (χ2v) is 3.90. The Bertz CT molecular complexity index is 532. The molecule has 0 aliphatic heterocycles. The van der Waals surface area contributed by atoms with Gasteiger partial charge in [0.2, 0.25) is 6.39 Å². The van der Waals surface area contributed by atoms with E-state index in [-0.39, 0.29) is 11.9 Å². The highest BCUT2D eigenvalue weighted by molar-refractivity contribution is 5.96. The molecule has 7 nitrogen and oxygen atoms in total. The normalized spacial score (nSPS) is 12.4. The fourth-order valence-corrected chi connectivity index (χ4v) is 1.65. The lowest BCUT2D eigenvalue weighted by molar-refractivity contribution is 0.0935. The molecular formula is C11H14N4O3. The lowest BCUT2D eigenvalue weighted by Gasteiger charge is -2.09. The lowest BCUT2D eigenvalue weighted by atomic mass is 10.1. The minimum absolute atomic E-state index is 0.247. The van der Waals surface area contributed by atoms with Crippen LogP contribution in [0.3, 0.4) is 0 Å². The molecule has 1 unspecified atom stereocenters. The van der Waals surface area contributed by atoms with Crippen LogP contribution in [-0.2, 0) is 6.42 Å². The van der Waals surface area contributed by atoms with Crippen molar-refractivity contribution in [3.8, 4) is 0 Å². The van der Waals surface area contributed by atoms with Gasteiger partial charge in [-0.2, -0.15) is 4.98 Å². The third-order valence-electron chi connectivity index (χ3n) is 2.61. The van der Waals surface area contributed by atoms with Crippen LogP contribution in [0.4, 0.5) is 0 Å². The summed E-state index contributed by atoms with van der Waals surface area (Å²) in [6.07, 6.45) is 1.86. The Morgan fingerprint density at radius 1 is 1.50 bits per heavy atom. The average Bonchev–Trinajstić information content (AvgIpc) is 2.97. The summed E-state index contributed by atoms with van der Waals surface area (Å²) in [6.45, 7) is 5.40. The smallest absolute Gasteiger partial charge is 0.257 e. The van der Waals surface area contributed by atoms with E-state index in [2.05, 4.69) is 25.1 Å². The molecule has 0 aliphatic carbocycles. The predicted octanol–water partition coefficient (Wildman–Crippen LogP) is 1.42. The molecule has 0 fully saturated rings. The molecule has 0 saturated carbocycles. The van der Waals surface area contributed by atoms with E-state index in [1.54, 1.807) is 13.8 Å². The zero-order valence-electron chi connectivity index (χ0n) is 10.4. The Hall–Kier alpha value is -2.18. The average molecular weight is 250 g/mol. The molecule has 0 aromatic carbocycles. The topological polar surface area (TPSA) is 94.1 Å². The molecular weight excluding hydrogens is 236 g/mol. The Labute approximate surface area is 104 Å². The summed E-state index contributed by atoms with van der Waals surface area (Å²) >= 11 is 0. The van der Waals surface area contributed by atoms with Crippen molar-refractivity contribution in [2.75, 3.05) is 0 Å². The van der Waals surface area contributed by atoms with Gasteiger partial charge in [0.15, 0.2) is 5.82 Å². The molecule has 0 spiro atoms. The van der Waals surface area contributed by atoms with E-state index in [1.165, 1.54) is 6.39 Å². The predicted molar refractivity (Wildman–Crippen MR) is 60.8 cm³/mol. The van der Waals surface area contributed by atoms with Crippen molar-refractivity contribution in [2.45, 2.75) is 33.2 Å². The van der Waals surface area contributed by atoms with Crippen molar-refractivity contribution >= 4 is 5.91 Å². The number of carbonyl (C=O) groups is 1. The highest BCUT2D eigenvalue weighted by Crippen LogP contribution is 2.15. The van der Waals surface area contributed by atoms with Gasteiger partial charge in [0.1, 0.15) is 11.3 Å². The van der Waals surface area contributed by atoms with E-state index in [9.17, 15) is 4.79 Å². The van der Waals surface area contributed by atoms with Crippen LogP contribution in [0, 0.1) is 6.92 Å². The van der Waals surface area contributed by atoms with Crippen molar-refractivity contribution < 1.29 is 13.8 Å². The first-order valence-corrected chi connectivity index (χ1v) is 5.65. The van der Waals surface area contributed by atoms with Gasteiger partial charge in [0.25, 0.3) is 5.91 Å². The number of hydrogen-bond donors (Lipinski definition) is 1. The van der Waals surface area contributed by atoms with Gasteiger partial charge in [-0.25, -0.2) is 0 Å². The Morgan fingerprint density at radius 2 is 2.28 bits per heavy atom. The van der Waals surface area contributed by atoms with Gasteiger partial charge in [0.05, 0.1) is 11.7 Å². The number of carbonyl (C=O) groups excluding carboxylic acids is 1. The second-order valence-electron chi connectivity index (χ2n) is 3.90. The van der Waals surface area contributed by atoms with Gasteiger partial charge in [0, 0.05) is 0 Å². The number of nitrogens with zero attached hydrogens (tertiary/aromatic N) is 3. The molecule has 2 aromatic heterocycles. The standard InChI is InChI=1S/C11H14N4O3/c1-4-8-9(7(3)18-14-8)11(16)13-6(2)10-12-5-17-15-10/h5-6H,4H2,1-3H3,(H,13,16). The summed E-state index contributed by atoms with van der Waals surface area (Å²) in [5.41, 5.74) is 1.12. The van der Waals surface area contributed by atoms with Crippen LogP contribution in [0.15, 0.2) is 15.4 Å². The van der Waals surface area contributed by atoms with E-state index in [0.29, 0.717) is 29.3 Å². The quantitative estimate of drug-likeness (QED) is 0.881. The molecule has 0 aliphatic rings. The van der Waals surface area contributed by atoms with E-state index < -0.39 is 0 Å². The van der Waals surface area contributed by atoms with Crippen LogP contribution in [0.5, 0.6) is 0 Å². The minimum Gasteiger partial charge on any atom is -0.361 e. The molecule has 1 atom stereocenters. The molecule has 0 saturated heterocycles. The summed E-state index contributed by atoms with van der Waals surface area (Å²) in [7, 11) is 0. The molecule has 1 N–H and O–H groups in total. The molecule has 2 rings (SSSR count).